The van der Waals surface area contributed by atoms with E-state index in [9.17, 15) is 0 Å². The summed E-state index contributed by atoms with van der Waals surface area (Å²) in [5.74, 6) is 2.27. The molecule has 0 saturated heterocycles. The van der Waals surface area contributed by atoms with Crippen LogP contribution in [-0.2, 0) is 13.0 Å². The Balaban J connectivity index is 1.95. The van der Waals surface area contributed by atoms with Crippen LogP contribution in [0.1, 0.15) is 45.4 Å². The van der Waals surface area contributed by atoms with E-state index in [0.717, 1.165) is 30.4 Å². The summed E-state index contributed by atoms with van der Waals surface area (Å²) in [7, 11) is 0. The van der Waals surface area contributed by atoms with Crippen molar-refractivity contribution >= 4 is 11.8 Å². The predicted octanol–water partition coefficient (Wildman–Crippen LogP) is 2.48. The first-order valence-corrected chi connectivity index (χ1v) is 8.12. The van der Waals surface area contributed by atoms with Crippen LogP contribution in [0.25, 0.3) is 0 Å². The van der Waals surface area contributed by atoms with Gasteiger partial charge in [0, 0.05) is 24.8 Å². The van der Waals surface area contributed by atoms with Crippen molar-refractivity contribution in [2.75, 3.05) is 12.3 Å². The zero-order chi connectivity index (χ0) is 12.8. The second kappa shape index (κ2) is 7.14. The highest BCUT2D eigenvalue weighted by atomic mass is 32.2. The fourth-order valence-electron chi connectivity index (χ4n) is 2.35. The van der Waals surface area contributed by atoms with Gasteiger partial charge in [-0.3, -0.25) is 0 Å². The summed E-state index contributed by atoms with van der Waals surface area (Å²) < 4.78 is 2.33. The number of nitrogens with one attached hydrogen (secondary N) is 1. The van der Waals surface area contributed by atoms with Crippen molar-refractivity contribution < 1.29 is 0 Å². The van der Waals surface area contributed by atoms with Crippen molar-refractivity contribution in [3.63, 3.8) is 0 Å². The van der Waals surface area contributed by atoms with E-state index < -0.39 is 0 Å². The first kappa shape index (κ1) is 13.9. The summed E-state index contributed by atoms with van der Waals surface area (Å²) in [4.78, 5) is 0. The molecule has 1 aliphatic heterocycles. The molecule has 0 radical (unpaired) electrons. The molecule has 18 heavy (non-hydrogen) atoms. The fourth-order valence-corrected chi connectivity index (χ4v) is 3.50. The van der Waals surface area contributed by atoms with E-state index in [1.165, 1.54) is 31.5 Å². The molecule has 0 bridgehead atoms. The Morgan fingerprint density at radius 2 is 2.17 bits per heavy atom. The van der Waals surface area contributed by atoms with Crippen LogP contribution in [0.4, 0.5) is 0 Å². The predicted molar refractivity (Wildman–Crippen MR) is 76.1 cm³/mol. The third kappa shape index (κ3) is 3.48. The number of thioether (sulfide) groups is 1. The molecule has 0 spiro atoms. The lowest BCUT2D eigenvalue weighted by atomic mass is 10.2. The monoisotopic (exact) mass is 268 g/mol. The summed E-state index contributed by atoms with van der Waals surface area (Å²) in [6.45, 7) is 6.54. The van der Waals surface area contributed by atoms with Crippen molar-refractivity contribution in [2.45, 2.75) is 63.7 Å². The Hall–Kier alpha value is -0.550. The number of rotatable bonds is 6. The molecule has 1 aliphatic rings. The van der Waals surface area contributed by atoms with Crippen LogP contribution in [-0.4, -0.2) is 33.1 Å². The van der Waals surface area contributed by atoms with E-state index in [-0.39, 0.29) is 0 Å². The highest BCUT2D eigenvalue weighted by Crippen LogP contribution is 2.22. The lowest BCUT2D eigenvalue weighted by molar-refractivity contribution is 0.556. The maximum atomic E-state index is 4.35. The van der Waals surface area contributed by atoms with Crippen molar-refractivity contribution in [1.29, 1.82) is 0 Å². The van der Waals surface area contributed by atoms with Crippen LogP contribution < -0.4 is 5.32 Å². The van der Waals surface area contributed by atoms with Crippen LogP contribution in [0.15, 0.2) is 5.16 Å². The number of aromatic nitrogens is 3. The summed E-state index contributed by atoms with van der Waals surface area (Å²) in [6.07, 6.45) is 6.11. The molecule has 0 aliphatic carbocycles. The minimum absolute atomic E-state index is 0.582. The van der Waals surface area contributed by atoms with E-state index in [1.807, 2.05) is 11.8 Å². The number of fused-ring (bicyclic) bond motifs is 1. The SMILES string of the molecule is CCNC(CC)CSc1nnc2n1CCCCC2. The molecule has 1 aromatic rings. The van der Waals surface area contributed by atoms with Gasteiger partial charge < -0.3 is 9.88 Å². The molecule has 2 heterocycles. The minimum atomic E-state index is 0.582. The number of nitrogens with zero attached hydrogens (tertiary/aromatic N) is 3. The molecular weight excluding hydrogens is 244 g/mol. The Morgan fingerprint density at radius 1 is 1.28 bits per heavy atom. The van der Waals surface area contributed by atoms with Crippen LogP contribution in [0.2, 0.25) is 0 Å². The molecular formula is C13H24N4S. The lowest BCUT2D eigenvalue weighted by Crippen LogP contribution is -2.30. The molecule has 2 rings (SSSR count). The van der Waals surface area contributed by atoms with Crippen molar-refractivity contribution in [3.05, 3.63) is 5.82 Å². The van der Waals surface area contributed by atoms with Crippen LogP contribution in [0.3, 0.4) is 0 Å². The molecule has 1 unspecified atom stereocenters. The molecule has 0 fully saturated rings. The smallest absolute Gasteiger partial charge is 0.191 e. The van der Waals surface area contributed by atoms with Crippen molar-refractivity contribution in [3.8, 4) is 0 Å². The molecule has 1 N–H and O–H groups in total. The van der Waals surface area contributed by atoms with Gasteiger partial charge in [0.2, 0.25) is 0 Å². The standard InChI is InChI=1S/C13H24N4S/c1-3-11(14-4-2)10-18-13-16-15-12-8-6-5-7-9-17(12)13/h11,14H,3-10H2,1-2H3. The summed E-state index contributed by atoms with van der Waals surface area (Å²) >= 11 is 1.85. The number of hydrogen-bond acceptors (Lipinski definition) is 4. The van der Waals surface area contributed by atoms with Crippen molar-refractivity contribution in [2.24, 2.45) is 0 Å². The van der Waals surface area contributed by atoms with Gasteiger partial charge in [0.05, 0.1) is 0 Å². The molecule has 0 aromatic carbocycles. The molecule has 1 atom stereocenters. The van der Waals surface area contributed by atoms with E-state index in [2.05, 4.69) is 33.9 Å². The van der Waals surface area contributed by atoms with Gasteiger partial charge >= 0.3 is 0 Å². The van der Waals surface area contributed by atoms with E-state index in [4.69, 9.17) is 0 Å². The Bertz CT molecular complexity index is 364. The maximum Gasteiger partial charge on any atom is 0.191 e. The van der Waals surface area contributed by atoms with Crippen LogP contribution in [0, 0.1) is 0 Å². The van der Waals surface area contributed by atoms with Gasteiger partial charge in [-0.05, 0) is 25.8 Å². The zero-order valence-corrected chi connectivity index (χ0v) is 12.3. The van der Waals surface area contributed by atoms with Gasteiger partial charge in [-0.15, -0.1) is 10.2 Å². The van der Waals surface area contributed by atoms with Gasteiger partial charge in [0.15, 0.2) is 5.16 Å². The minimum Gasteiger partial charge on any atom is -0.313 e. The van der Waals surface area contributed by atoms with Crippen molar-refractivity contribution in [1.82, 2.24) is 20.1 Å². The molecule has 4 nitrogen and oxygen atoms in total. The van der Waals surface area contributed by atoms with Crippen LogP contribution >= 0.6 is 11.8 Å². The Kier molecular flexibility index (Phi) is 5.50. The molecule has 1 aromatic heterocycles. The number of hydrogen-bond donors (Lipinski definition) is 1. The fraction of sp³-hybridized carbons (Fsp3) is 0.846. The van der Waals surface area contributed by atoms with Gasteiger partial charge in [-0.1, -0.05) is 32.0 Å². The Morgan fingerprint density at radius 3 is 2.94 bits per heavy atom. The van der Waals surface area contributed by atoms with E-state index >= 15 is 0 Å². The molecule has 0 saturated carbocycles. The van der Waals surface area contributed by atoms with Crippen LogP contribution in [0.5, 0.6) is 0 Å². The second-order valence-corrected chi connectivity index (χ2v) is 5.82. The van der Waals surface area contributed by atoms with Gasteiger partial charge in [-0.2, -0.15) is 0 Å². The largest absolute Gasteiger partial charge is 0.313 e. The average molecular weight is 268 g/mol. The third-order valence-electron chi connectivity index (χ3n) is 3.47. The average Bonchev–Trinajstić information content (AvgIpc) is 2.62. The second-order valence-electron chi connectivity index (χ2n) is 4.83. The third-order valence-corrected chi connectivity index (χ3v) is 4.60. The maximum absolute atomic E-state index is 4.35. The first-order chi connectivity index (χ1) is 8.85. The van der Waals surface area contributed by atoms with Gasteiger partial charge in [-0.25, -0.2) is 0 Å². The summed E-state index contributed by atoms with van der Waals surface area (Å²) in [5, 5.41) is 13.3. The summed E-state index contributed by atoms with van der Waals surface area (Å²) in [6, 6.07) is 0.582. The number of aryl methyl sites for hydroxylation is 1. The van der Waals surface area contributed by atoms with Gasteiger partial charge in [0.25, 0.3) is 0 Å². The highest BCUT2D eigenvalue weighted by Gasteiger charge is 2.16. The van der Waals surface area contributed by atoms with Gasteiger partial charge in [0.1, 0.15) is 5.82 Å². The topological polar surface area (TPSA) is 42.7 Å². The normalized spacial score (nSPS) is 17.2. The first-order valence-electron chi connectivity index (χ1n) is 7.13. The quantitative estimate of drug-likeness (QED) is 0.805. The lowest BCUT2D eigenvalue weighted by Gasteiger charge is -2.15. The molecule has 102 valence electrons. The molecule has 5 heteroatoms. The molecule has 0 amide bonds. The van der Waals surface area contributed by atoms with E-state index in [1.54, 1.807) is 0 Å². The van der Waals surface area contributed by atoms with E-state index in [0.29, 0.717) is 6.04 Å². The zero-order valence-electron chi connectivity index (χ0n) is 11.5. The summed E-state index contributed by atoms with van der Waals surface area (Å²) in [5.41, 5.74) is 0. The highest BCUT2D eigenvalue weighted by molar-refractivity contribution is 7.99. The Labute approximate surface area is 114 Å².